The molecule has 2 rings (SSSR count). The van der Waals surface area contributed by atoms with E-state index in [9.17, 15) is 5.11 Å². The zero-order valence-electron chi connectivity index (χ0n) is 8.67. The summed E-state index contributed by atoms with van der Waals surface area (Å²) < 4.78 is 0. The largest absolute Gasteiger partial charge is 0.506 e. The average molecular weight is 228 g/mol. The van der Waals surface area contributed by atoms with Crippen molar-refractivity contribution in [3.8, 4) is 5.75 Å². The number of aromatic hydroxyl groups is 1. The average Bonchev–Trinajstić information content (AvgIpc) is 2.32. The molecule has 0 saturated heterocycles. The first kappa shape index (κ1) is 10.8. The van der Waals surface area contributed by atoms with Crippen LogP contribution in [0.3, 0.4) is 0 Å². The molecule has 0 radical (unpaired) electrons. The van der Waals surface area contributed by atoms with E-state index in [1.165, 1.54) is 0 Å². The van der Waals surface area contributed by atoms with Gasteiger partial charge < -0.3 is 5.11 Å². The van der Waals surface area contributed by atoms with Crippen LogP contribution in [0.1, 0.15) is 11.1 Å². The van der Waals surface area contributed by atoms with Crippen LogP contribution < -0.4 is 0 Å². The number of phenols is 1. The molecule has 0 aliphatic carbocycles. The van der Waals surface area contributed by atoms with Crippen LogP contribution >= 0.6 is 12.6 Å². The first-order valence-electron chi connectivity index (χ1n) is 5.01. The summed E-state index contributed by atoms with van der Waals surface area (Å²) in [6, 6.07) is 15.4. The van der Waals surface area contributed by atoms with E-state index in [4.69, 9.17) is 0 Å². The molecule has 2 aromatic carbocycles. The quantitative estimate of drug-likeness (QED) is 0.591. The number of phenolic OH excluding ortho intramolecular Hbond substituents is 1. The van der Waals surface area contributed by atoms with E-state index in [-0.39, 0.29) is 5.75 Å². The minimum atomic E-state index is 0.220. The third-order valence-corrected chi connectivity index (χ3v) is 2.66. The predicted molar refractivity (Wildman–Crippen MR) is 70.7 cm³/mol. The van der Waals surface area contributed by atoms with E-state index in [1.54, 1.807) is 6.07 Å². The van der Waals surface area contributed by atoms with Gasteiger partial charge in [0, 0.05) is 10.5 Å². The number of hydrogen-bond acceptors (Lipinski definition) is 2. The molecule has 1 nitrogen and oxygen atoms in total. The van der Waals surface area contributed by atoms with E-state index < -0.39 is 0 Å². The molecular formula is C14H12OS. The van der Waals surface area contributed by atoms with Crippen LogP contribution in [-0.4, -0.2) is 5.11 Å². The maximum absolute atomic E-state index is 9.75. The normalized spacial score (nSPS) is 10.8. The van der Waals surface area contributed by atoms with Gasteiger partial charge in [0.2, 0.25) is 0 Å². The number of para-hydroxylation sites is 1. The minimum absolute atomic E-state index is 0.220. The zero-order valence-corrected chi connectivity index (χ0v) is 9.56. The van der Waals surface area contributed by atoms with Crippen molar-refractivity contribution in [2.45, 2.75) is 4.90 Å². The van der Waals surface area contributed by atoms with E-state index >= 15 is 0 Å². The highest BCUT2D eigenvalue weighted by Gasteiger charge is 1.99. The minimum Gasteiger partial charge on any atom is -0.506 e. The molecule has 0 atom stereocenters. The van der Waals surface area contributed by atoms with Crippen molar-refractivity contribution in [1.82, 2.24) is 0 Å². The molecule has 2 aromatic rings. The second-order valence-corrected chi connectivity index (χ2v) is 3.94. The summed E-state index contributed by atoms with van der Waals surface area (Å²) in [5.41, 5.74) is 1.88. The Hall–Kier alpha value is -1.67. The molecule has 0 saturated carbocycles. The lowest BCUT2D eigenvalue weighted by Gasteiger charge is -2.01. The van der Waals surface area contributed by atoms with Crippen molar-refractivity contribution in [3.63, 3.8) is 0 Å². The second-order valence-electron chi connectivity index (χ2n) is 3.46. The van der Waals surface area contributed by atoms with Crippen LogP contribution in [0.5, 0.6) is 5.75 Å². The van der Waals surface area contributed by atoms with Gasteiger partial charge in [-0.15, -0.1) is 12.6 Å². The Labute approximate surface area is 100 Å². The summed E-state index contributed by atoms with van der Waals surface area (Å²) >= 11 is 4.16. The fraction of sp³-hybridized carbons (Fsp3) is 0. The van der Waals surface area contributed by atoms with Crippen LogP contribution in [0.15, 0.2) is 53.4 Å². The monoisotopic (exact) mass is 228 g/mol. The molecule has 0 heterocycles. The zero-order chi connectivity index (χ0) is 11.4. The second kappa shape index (κ2) is 4.90. The standard InChI is InChI=1S/C14H12OS/c15-14-12(7-4-8-13(14)16)10-9-11-5-2-1-3-6-11/h1-10,15-16H. The van der Waals surface area contributed by atoms with Crippen molar-refractivity contribution in [1.29, 1.82) is 0 Å². The van der Waals surface area contributed by atoms with E-state index in [0.29, 0.717) is 4.90 Å². The fourth-order valence-electron chi connectivity index (χ4n) is 1.43. The van der Waals surface area contributed by atoms with Gasteiger partial charge in [-0.25, -0.2) is 0 Å². The summed E-state index contributed by atoms with van der Waals surface area (Å²) in [5.74, 6) is 0.220. The first-order chi connectivity index (χ1) is 7.77. The van der Waals surface area contributed by atoms with Crippen molar-refractivity contribution in [3.05, 3.63) is 59.7 Å². The lowest BCUT2D eigenvalue weighted by molar-refractivity contribution is 0.461. The number of thiol groups is 1. The van der Waals surface area contributed by atoms with Gasteiger partial charge in [0.25, 0.3) is 0 Å². The Bertz CT molecular complexity index is 503. The van der Waals surface area contributed by atoms with Crippen molar-refractivity contribution < 1.29 is 5.11 Å². The smallest absolute Gasteiger partial charge is 0.136 e. The Morgan fingerprint density at radius 2 is 1.62 bits per heavy atom. The first-order valence-corrected chi connectivity index (χ1v) is 5.46. The van der Waals surface area contributed by atoms with E-state index in [2.05, 4.69) is 12.6 Å². The summed E-state index contributed by atoms with van der Waals surface area (Å²) in [6.45, 7) is 0. The molecule has 0 amide bonds. The van der Waals surface area contributed by atoms with E-state index in [1.807, 2.05) is 54.6 Å². The number of hydrogen-bond donors (Lipinski definition) is 2. The Kier molecular flexibility index (Phi) is 3.32. The highest BCUT2D eigenvalue weighted by atomic mass is 32.1. The fourth-order valence-corrected chi connectivity index (χ4v) is 1.65. The van der Waals surface area contributed by atoms with Gasteiger partial charge in [-0.1, -0.05) is 54.6 Å². The molecule has 0 bridgehead atoms. The Morgan fingerprint density at radius 1 is 0.875 bits per heavy atom. The number of rotatable bonds is 2. The van der Waals surface area contributed by atoms with Gasteiger partial charge in [-0.3, -0.25) is 0 Å². The third kappa shape index (κ3) is 2.47. The lowest BCUT2D eigenvalue weighted by Crippen LogP contribution is -1.76. The molecule has 0 aliphatic rings. The van der Waals surface area contributed by atoms with Gasteiger partial charge in [0.05, 0.1) is 0 Å². The van der Waals surface area contributed by atoms with E-state index in [0.717, 1.165) is 11.1 Å². The van der Waals surface area contributed by atoms with Crippen LogP contribution in [0.25, 0.3) is 12.2 Å². The van der Waals surface area contributed by atoms with Crippen molar-refractivity contribution >= 4 is 24.8 Å². The maximum atomic E-state index is 9.75. The molecule has 0 spiro atoms. The number of benzene rings is 2. The summed E-state index contributed by atoms with van der Waals surface area (Å²) in [6.07, 6.45) is 3.84. The van der Waals surface area contributed by atoms with Crippen LogP contribution in [0.2, 0.25) is 0 Å². The topological polar surface area (TPSA) is 20.2 Å². The Balaban J connectivity index is 2.28. The molecule has 0 fully saturated rings. The van der Waals surface area contributed by atoms with Gasteiger partial charge >= 0.3 is 0 Å². The lowest BCUT2D eigenvalue weighted by atomic mass is 10.1. The summed E-state index contributed by atoms with van der Waals surface area (Å²) in [5, 5.41) is 9.75. The van der Waals surface area contributed by atoms with Gasteiger partial charge in [-0.2, -0.15) is 0 Å². The molecule has 80 valence electrons. The van der Waals surface area contributed by atoms with Crippen molar-refractivity contribution in [2.24, 2.45) is 0 Å². The third-order valence-electron chi connectivity index (χ3n) is 2.30. The van der Waals surface area contributed by atoms with Crippen LogP contribution in [0.4, 0.5) is 0 Å². The van der Waals surface area contributed by atoms with Gasteiger partial charge in [0.15, 0.2) is 0 Å². The highest BCUT2D eigenvalue weighted by molar-refractivity contribution is 7.80. The molecule has 16 heavy (non-hydrogen) atoms. The van der Waals surface area contributed by atoms with Gasteiger partial charge in [0.1, 0.15) is 5.75 Å². The van der Waals surface area contributed by atoms with Crippen LogP contribution in [0, 0.1) is 0 Å². The van der Waals surface area contributed by atoms with Gasteiger partial charge in [-0.05, 0) is 11.6 Å². The predicted octanol–water partition coefficient (Wildman–Crippen LogP) is 3.85. The van der Waals surface area contributed by atoms with Crippen molar-refractivity contribution in [2.75, 3.05) is 0 Å². The Morgan fingerprint density at radius 3 is 2.38 bits per heavy atom. The highest BCUT2D eigenvalue weighted by Crippen LogP contribution is 2.26. The molecule has 2 heteroatoms. The SMILES string of the molecule is Oc1c(S)cccc1C=Cc1ccccc1. The summed E-state index contributed by atoms with van der Waals surface area (Å²) in [7, 11) is 0. The molecule has 1 N–H and O–H groups in total. The summed E-state index contributed by atoms with van der Waals surface area (Å²) in [4.78, 5) is 0.593. The maximum Gasteiger partial charge on any atom is 0.136 e. The van der Waals surface area contributed by atoms with Crippen LogP contribution in [-0.2, 0) is 0 Å². The molecule has 0 aromatic heterocycles. The molecular weight excluding hydrogens is 216 g/mol. The molecule has 0 aliphatic heterocycles. The molecule has 0 unspecified atom stereocenters.